The third kappa shape index (κ3) is 5.45. The standard InChI is InChI=1S/C28H33N5O2/c34-25-12-6-16-32(25)17-7-15-29-28(35)26-23-10-4-5-11-24(23)27(31-30-26)33-18-13-22(14-19-33)20-21-8-2-1-3-9-21/h1-5,8-11,22H,6-7,12-20H2,(H,29,35). The van der Waals surface area contributed by atoms with E-state index in [9.17, 15) is 9.59 Å². The Balaban J connectivity index is 1.21. The molecule has 2 fully saturated rings. The second-order valence-corrected chi connectivity index (χ2v) is 9.63. The number of carbonyl (C=O) groups is 2. The fraction of sp³-hybridized carbons (Fsp3) is 0.429. The largest absolute Gasteiger partial charge is 0.355 e. The van der Waals surface area contributed by atoms with Crippen LogP contribution in [0.1, 0.15) is 48.2 Å². The summed E-state index contributed by atoms with van der Waals surface area (Å²) in [6.07, 6.45) is 5.67. The van der Waals surface area contributed by atoms with Crippen LogP contribution < -0.4 is 10.2 Å². The van der Waals surface area contributed by atoms with Crippen molar-refractivity contribution >= 4 is 28.4 Å². The summed E-state index contributed by atoms with van der Waals surface area (Å²) in [4.78, 5) is 28.8. The van der Waals surface area contributed by atoms with Crippen LogP contribution in [-0.4, -0.2) is 59.6 Å². The number of likely N-dealkylation sites (tertiary alicyclic amines) is 1. The van der Waals surface area contributed by atoms with Crippen molar-refractivity contribution in [3.05, 3.63) is 65.9 Å². The van der Waals surface area contributed by atoms with Crippen LogP contribution in [0.3, 0.4) is 0 Å². The number of rotatable bonds is 8. The second-order valence-electron chi connectivity index (χ2n) is 9.63. The van der Waals surface area contributed by atoms with Crippen molar-refractivity contribution in [3.63, 3.8) is 0 Å². The number of hydrogen-bond acceptors (Lipinski definition) is 5. The summed E-state index contributed by atoms with van der Waals surface area (Å²) in [7, 11) is 0. The first kappa shape index (κ1) is 23.3. The first-order chi connectivity index (χ1) is 17.2. The summed E-state index contributed by atoms with van der Waals surface area (Å²) in [6, 6.07) is 18.6. The van der Waals surface area contributed by atoms with Crippen molar-refractivity contribution in [1.82, 2.24) is 20.4 Å². The number of amides is 2. The van der Waals surface area contributed by atoms with E-state index in [2.05, 4.69) is 50.7 Å². The maximum absolute atomic E-state index is 12.9. The first-order valence-corrected chi connectivity index (χ1v) is 12.8. The van der Waals surface area contributed by atoms with Gasteiger partial charge in [-0.2, -0.15) is 0 Å². The molecule has 0 bridgehead atoms. The van der Waals surface area contributed by atoms with Gasteiger partial charge < -0.3 is 15.1 Å². The normalized spacial score (nSPS) is 16.7. The molecule has 1 aromatic heterocycles. The Hall–Kier alpha value is -3.48. The van der Waals surface area contributed by atoms with Gasteiger partial charge >= 0.3 is 0 Å². The van der Waals surface area contributed by atoms with Gasteiger partial charge in [-0.05, 0) is 43.6 Å². The monoisotopic (exact) mass is 471 g/mol. The lowest BCUT2D eigenvalue weighted by Crippen LogP contribution is -2.35. The third-order valence-electron chi connectivity index (χ3n) is 7.23. The van der Waals surface area contributed by atoms with Crippen molar-refractivity contribution in [2.24, 2.45) is 5.92 Å². The molecule has 35 heavy (non-hydrogen) atoms. The van der Waals surface area contributed by atoms with E-state index < -0.39 is 0 Å². The van der Waals surface area contributed by atoms with Crippen LogP contribution in [0.25, 0.3) is 10.8 Å². The van der Waals surface area contributed by atoms with Gasteiger partial charge in [-0.3, -0.25) is 9.59 Å². The van der Waals surface area contributed by atoms with E-state index in [1.165, 1.54) is 5.56 Å². The van der Waals surface area contributed by atoms with Crippen molar-refractivity contribution in [2.75, 3.05) is 37.6 Å². The number of fused-ring (bicyclic) bond motifs is 1. The number of nitrogens with zero attached hydrogens (tertiary/aromatic N) is 4. The number of carbonyl (C=O) groups excluding carboxylic acids is 2. The molecular formula is C28H33N5O2. The summed E-state index contributed by atoms with van der Waals surface area (Å²) in [5.41, 5.74) is 1.76. The maximum Gasteiger partial charge on any atom is 0.272 e. The minimum Gasteiger partial charge on any atom is -0.355 e. The van der Waals surface area contributed by atoms with E-state index in [0.29, 0.717) is 31.1 Å². The Kier molecular flexibility index (Phi) is 7.21. The molecule has 2 aliphatic rings. The predicted molar refractivity (Wildman–Crippen MR) is 137 cm³/mol. The topological polar surface area (TPSA) is 78.4 Å². The van der Waals surface area contributed by atoms with E-state index in [4.69, 9.17) is 0 Å². The maximum atomic E-state index is 12.9. The van der Waals surface area contributed by atoms with Crippen LogP contribution in [0.5, 0.6) is 0 Å². The van der Waals surface area contributed by atoms with Crippen LogP contribution in [-0.2, 0) is 11.2 Å². The lowest BCUT2D eigenvalue weighted by Gasteiger charge is -2.33. The van der Waals surface area contributed by atoms with Crippen LogP contribution in [0.4, 0.5) is 5.82 Å². The molecule has 0 atom stereocenters. The van der Waals surface area contributed by atoms with Gasteiger partial charge in [0, 0.05) is 49.9 Å². The molecule has 2 aromatic carbocycles. The molecule has 5 rings (SSSR count). The van der Waals surface area contributed by atoms with Crippen LogP contribution >= 0.6 is 0 Å². The zero-order chi connectivity index (χ0) is 24.0. The molecule has 2 amide bonds. The number of piperidine rings is 1. The molecule has 182 valence electrons. The van der Waals surface area contributed by atoms with Gasteiger partial charge in [0.2, 0.25) is 5.91 Å². The highest BCUT2D eigenvalue weighted by atomic mass is 16.2. The van der Waals surface area contributed by atoms with Crippen molar-refractivity contribution < 1.29 is 9.59 Å². The Morgan fingerprint density at radius 2 is 1.69 bits per heavy atom. The summed E-state index contributed by atoms with van der Waals surface area (Å²) >= 11 is 0. The highest BCUT2D eigenvalue weighted by molar-refractivity contribution is 6.07. The molecule has 7 nitrogen and oxygen atoms in total. The van der Waals surface area contributed by atoms with Crippen molar-refractivity contribution in [1.29, 1.82) is 0 Å². The first-order valence-electron chi connectivity index (χ1n) is 12.8. The highest BCUT2D eigenvalue weighted by Gasteiger charge is 2.24. The van der Waals surface area contributed by atoms with Gasteiger partial charge in [-0.1, -0.05) is 54.6 Å². The molecule has 1 N–H and O–H groups in total. The lowest BCUT2D eigenvalue weighted by atomic mass is 9.90. The van der Waals surface area contributed by atoms with Crippen LogP contribution in [0.15, 0.2) is 54.6 Å². The number of benzene rings is 2. The molecule has 0 aliphatic carbocycles. The summed E-state index contributed by atoms with van der Waals surface area (Å²) < 4.78 is 0. The van der Waals surface area contributed by atoms with E-state index >= 15 is 0 Å². The number of hydrogen-bond donors (Lipinski definition) is 1. The molecule has 3 aromatic rings. The van der Waals surface area contributed by atoms with E-state index in [0.717, 1.165) is 68.3 Å². The number of aromatic nitrogens is 2. The fourth-order valence-corrected chi connectivity index (χ4v) is 5.28. The van der Waals surface area contributed by atoms with Gasteiger partial charge in [0.05, 0.1) is 0 Å². The minimum atomic E-state index is -0.213. The Morgan fingerprint density at radius 3 is 2.43 bits per heavy atom. The van der Waals surface area contributed by atoms with Crippen LogP contribution in [0, 0.1) is 5.92 Å². The van der Waals surface area contributed by atoms with E-state index in [-0.39, 0.29) is 11.8 Å². The Bertz CT molecular complexity index is 1170. The molecule has 0 spiro atoms. The van der Waals surface area contributed by atoms with Gasteiger partial charge in [0.15, 0.2) is 11.5 Å². The lowest BCUT2D eigenvalue weighted by molar-refractivity contribution is -0.127. The molecule has 0 radical (unpaired) electrons. The molecule has 2 saturated heterocycles. The number of nitrogens with one attached hydrogen (secondary N) is 1. The van der Waals surface area contributed by atoms with Gasteiger partial charge in [-0.25, -0.2) is 0 Å². The van der Waals surface area contributed by atoms with Crippen molar-refractivity contribution in [2.45, 2.75) is 38.5 Å². The average molecular weight is 472 g/mol. The molecule has 0 saturated carbocycles. The van der Waals surface area contributed by atoms with Crippen molar-refractivity contribution in [3.8, 4) is 0 Å². The molecule has 7 heteroatoms. The average Bonchev–Trinajstić information content (AvgIpc) is 3.31. The fourth-order valence-electron chi connectivity index (χ4n) is 5.28. The second kappa shape index (κ2) is 10.8. The predicted octanol–water partition coefficient (Wildman–Crippen LogP) is 3.83. The molecular weight excluding hydrogens is 438 g/mol. The van der Waals surface area contributed by atoms with E-state index in [1.807, 2.05) is 29.2 Å². The van der Waals surface area contributed by atoms with Gasteiger partial charge in [0.25, 0.3) is 5.91 Å². The molecule has 0 unspecified atom stereocenters. The quantitative estimate of drug-likeness (QED) is 0.505. The zero-order valence-electron chi connectivity index (χ0n) is 20.2. The van der Waals surface area contributed by atoms with Gasteiger partial charge in [0.1, 0.15) is 0 Å². The Morgan fingerprint density at radius 1 is 0.943 bits per heavy atom. The summed E-state index contributed by atoms with van der Waals surface area (Å²) in [5, 5.41) is 13.7. The number of anilines is 1. The minimum absolute atomic E-state index is 0.213. The highest BCUT2D eigenvalue weighted by Crippen LogP contribution is 2.30. The summed E-state index contributed by atoms with van der Waals surface area (Å²) in [5.74, 6) is 1.54. The SMILES string of the molecule is O=C(NCCCN1CCCC1=O)c1nnc(N2CCC(Cc3ccccc3)CC2)c2ccccc12. The van der Waals surface area contributed by atoms with E-state index in [1.54, 1.807) is 0 Å². The van der Waals surface area contributed by atoms with Gasteiger partial charge in [-0.15, -0.1) is 10.2 Å². The van der Waals surface area contributed by atoms with Crippen LogP contribution in [0.2, 0.25) is 0 Å². The molecule has 2 aliphatic heterocycles. The zero-order valence-corrected chi connectivity index (χ0v) is 20.2. The third-order valence-corrected chi connectivity index (χ3v) is 7.23. The smallest absolute Gasteiger partial charge is 0.272 e. The molecule has 3 heterocycles. The Labute approximate surface area is 206 Å². The summed E-state index contributed by atoms with van der Waals surface area (Å²) in [6.45, 7) is 3.90.